The van der Waals surface area contributed by atoms with Crippen LogP contribution in [0.4, 0.5) is 22.7 Å². The van der Waals surface area contributed by atoms with Crippen LogP contribution in [0.2, 0.25) is 5.02 Å². The van der Waals surface area contributed by atoms with Gasteiger partial charge < -0.3 is 0 Å². The van der Waals surface area contributed by atoms with Crippen molar-refractivity contribution in [1.29, 1.82) is 0 Å². The van der Waals surface area contributed by atoms with Gasteiger partial charge in [0.25, 0.3) is 5.91 Å². The molecule has 0 bridgehead atoms. The summed E-state index contributed by atoms with van der Waals surface area (Å²) in [7, 11) is 0. The van der Waals surface area contributed by atoms with Crippen LogP contribution in [0.25, 0.3) is 0 Å². The molecule has 0 aliphatic rings. The molecule has 140 valence electrons. The first-order valence-electron chi connectivity index (χ1n) is 7.59. The monoisotopic (exact) mass is 414 g/mol. The van der Waals surface area contributed by atoms with Gasteiger partial charge in [-0.3, -0.25) is 10.1 Å². The van der Waals surface area contributed by atoms with Crippen molar-refractivity contribution in [2.75, 3.05) is 5.32 Å². The van der Waals surface area contributed by atoms with Crippen molar-refractivity contribution in [3.8, 4) is 0 Å². The van der Waals surface area contributed by atoms with Gasteiger partial charge in [0.1, 0.15) is 5.82 Å². The van der Waals surface area contributed by atoms with E-state index in [1.165, 1.54) is 24.4 Å². The molecule has 9 heteroatoms. The Morgan fingerprint density at radius 3 is 2.67 bits per heavy atom. The molecule has 0 aliphatic carbocycles. The Kier molecular flexibility index (Phi) is 5.48. The topological polar surface area (TPSA) is 42.0 Å². The first kappa shape index (κ1) is 19.3. The van der Waals surface area contributed by atoms with Gasteiger partial charge in [-0.05, 0) is 29.8 Å². The zero-order valence-corrected chi connectivity index (χ0v) is 15.1. The number of hydrogen-bond acceptors (Lipinski definition) is 3. The van der Waals surface area contributed by atoms with Crippen LogP contribution < -0.4 is 5.32 Å². The minimum atomic E-state index is -4.41. The van der Waals surface area contributed by atoms with Crippen LogP contribution in [-0.4, -0.2) is 10.9 Å². The standard InChI is InChI=1S/C18H11ClF4N2OS/c19-12-4-5-14(15(20)8-12)16(26)25-17-24-9-13(27-17)7-10-2-1-3-11(6-10)18(21,22)23/h1-6,8-9H,7H2,(H,24,25,26). The summed E-state index contributed by atoms with van der Waals surface area (Å²) in [6.45, 7) is 0. The van der Waals surface area contributed by atoms with E-state index >= 15 is 0 Å². The highest BCUT2D eigenvalue weighted by molar-refractivity contribution is 7.15. The van der Waals surface area contributed by atoms with Gasteiger partial charge in [0, 0.05) is 22.5 Å². The quantitative estimate of drug-likeness (QED) is 0.548. The lowest BCUT2D eigenvalue weighted by Gasteiger charge is -2.07. The number of halogens is 5. The summed E-state index contributed by atoms with van der Waals surface area (Å²) in [5.74, 6) is -1.45. The van der Waals surface area contributed by atoms with Crippen LogP contribution in [-0.2, 0) is 12.6 Å². The Balaban J connectivity index is 1.71. The second-order valence-corrected chi connectivity index (χ2v) is 7.14. The summed E-state index contributed by atoms with van der Waals surface area (Å²) in [5.41, 5.74) is -0.444. The molecule has 3 aromatic rings. The third kappa shape index (κ3) is 4.84. The molecule has 0 saturated carbocycles. The predicted molar refractivity (Wildman–Crippen MR) is 95.7 cm³/mol. The van der Waals surface area contributed by atoms with Gasteiger partial charge in [-0.1, -0.05) is 29.8 Å². The Bertz CT molecular complexity index is 987. The molecule has 27 heavy (non-hydrogen) atoms. The van der Waals surface area contributed by atoms with Crippen LogP contribution in [0.15, 0.2) is 48.7 Å². The molecule has 1 aromatic heterocycles. The Morgan fingerprint density at radius 1 is 1.19 bits per heavy atom. The molecule has 0 saturated heterocycles. The maximum Gasteiger partial charge on any atom is 0.416 e. The normalized spacial score (nSPS) is 11.4. The van der Waals surface area contributed by atoms with E-state index in [2.05, 4.69) is 10.3 Å². The zero-order chi connectivity index (χ0) is 19.6. The number of amides is 1. The maximum absolute atomic E-state index is 13.8. The van der Waals surface area contributed by atoms with E-state index in [1.54, 1.807) is 6.07 Å². The van der Waals surface area contributed by atoms with E-state index in [1.807, 2.05) is 0 Å². The molecular weight excluding hydrogens is 404 g/mol. The highest BCUT2D eigenvalue weighted by Gasteiger charge is 2.30. The van der Waals surface area contributed by atoms with Crippen molar-refractivity contribution < 1.29 is 22.4 Å². The fourth-order valence-corrected chi connectivity index (χ4v) is 3.34. The van der Waals surface area contributed by atoms with Gasteiger partial charge in [0.15, 0.2) is 5.13 Å². The van der Waals surface area contributed by atoms with Crippen molar-refractivity contribution >= 4 is 34.0 Å². The first-order valence-corrected chi connectivity index (χ1v) is 8.79. The van der Waals surface area contributed by atoms with E-state index in [-0.39, 0.29) is 22.1 Å². The second kappa shape index (κ2) is 7.66. The summed E-state index contributed by atoms with van der Waals surface area (Å²) in [6.07, 6.45) is -2.73. The lowest BCUT2D eigenvalue weighted by Crippen LogP contribution is -2.13. The van der Waals surface area contributed by atoms with Crippen molar-refractivity contribution in [3.63, 3.8) is 0 Å². The first-order chi connectivity index (χ1) is 12.7. The van der Waals surface area contributed by atoms with E-state index in [0.29, 0.717) is 10.4 Å². The molecule has 0 fully saturated rings. The van der Waals surface area contributed by atoms with Crippen molar-refractivity contribution in [3.05, 3.63) is 81.1 Å². The molecule has 3 nitrogen and oxygen atoms in total. The van der Waals surface area contributed by atoms with Crippen LogP contribution in [0.5, 0.6) is 0 Å². The third-order valence-corrected chi connectivity index (χ3v) is 4.73. The van der Waals surface area contributed by atoms with Crippen LogP contribution in [0, 0.1) is 5.82 Å². The average molecular weight is 415 g/mol. The third-order valence-electron chi connectivity index (χ3n) is 3.58. The van der Waals surface area contributed by atoms with Gasteiger partial charge >= 0.3 is 6.18 Å². The van der Waals surface area contributed by atoms with Crippen LogP contribution >= 0.6 is 22.9 Å². The zero-order valence-electron chi connectivity index (χ0n) is 13.5. The Labute approximate surface area is 160 Å². The number of aromatic nitrogens is 1. The van der Waals surface area contributed by atoms with Crippen LogP contribution in [0.3, 0.4) is 0 Å². The summed E-state index contributed by atoms with van der Waals surface area (Å²) < 4.78 is 52.1. The summed E-state index contributed by atoms with van der Waals surface area (Å²) >= 11 is 6.75. The van der Waals surface area contributed by atoms with Crippen molar-refractivity contribution in [2.45, 2.75) is 12.6 Å². The van der Waals surface area contributed by atoms with E-state index < -0.39 is 23.5 Å². The minimum Gasteiger partial charge on any atom is -0.298 e. The molecule has 1 N–H and O–H groups in total. The molecule has 1 amide bonds. The molecule has 0 radical (unpaired) electrons. The van der Waals surface area contributed by atoms with E-state index in [0.717, 1.165) is 29.5 Å². The van der Waals surface area contributed by atoms with Crippen molar-refractivity contribution in [2.24, 2.45) is 0 Å². The molecule has 0 unspecified atom stereocenters. The average Bonchev–Trinajstić information content (AvgIpc) is 3.01. The number of rotatable bonds is 4. The molecule has 0 aliphatic heterocycles. The fraction of sp³-hybridized carbons (Fsp3) is 0.111. The minimum absolute atomic E-state index is 0.168. The maximum atomic E-state index is 13.8. The van der Waals surface area contributed by atoms with E-state index in [4.69, 9.17) is 11.6 Å². The number of carbonyl (C=O) groups excluding carboxylic acids is 1. The number of thiazole rings is 1. The van der Waals surface area contributed by atoms with Gasteiger partial charge in [0.05, 0.1) is 11.1 Å². The number of benzene rings is 2. The summed E-state index contributed by atoms with van der Waals surface area (Å²) in [5, 5.41) is 2.85. The number of hydrogen-bond donors (Lipinski definition) is 1. The highest BCUT2D eigenvalue weighted by Crippen LogP contribution is 2.30. The molecule has 2 aromatic carbocycles. The molecule has 3 rings (SSSR count). The SMILES string of the molecule is O=C(Nc1ncc(Cc2cccc(C(F)(F)F)c2)s1)c1ccc(Cl)cc1F. The Hall–Kier alpha value is -2.45. The predicted octanol–water partition coefficient (Wildman–Crippen LogP) is 5.80. The largest absolute Gasteiger partial charge is 0.416 e. The summed E-state index contributed by atoms with van der Waals surface area (Å²) in [4.78, 5) is 16.8. The van der Waals surface area contributed by atoms with Gasteiger partial charge in [-0.2, -0.15) is 13.2 Å². The number of carbonyl (C=O) groups is 1. The summed E-state index contributed by atoms with van der Waals surface area (Å²) in [6, 6.07) is 8.66. The number of nitrogens with one attached hydrogen (secondary N) is 1. The van der Waals surface area contributed by atoms with Crippen molar-refractivity contribution in [1.82, 2.24) is 4.98 Å². The molecule has 1 heterocycles. The second-order valence-electron chi connectivity index (χ2n) is 5.58. The van der Waals surface area contributed by atoms with E-state index in [9.17, 15) is 22.4 Å². The van der Waals surface area contributed by atoms with Crippen LogP contribution in [0.1, 0.15) is 26.4 Å². The van der Waals surface area contributed by atoms with Gasteiger partial charge in [0.2, 0.25) is 0 Å². The lowest BCUT2D eigenvalue weighted by molar-refractivity contribution is -0.137. The van der Waals surface area contributed by atoms with Gasteiger partial charge in [-0.25, -0.2) is 9.37 Å². The Morgan fingerprint density at radius 2 is 1.96 bits per heavy atom. The molecule has 0 spiro atoms. The molecule has 0 atom stereocenters. The highest BCUT2D eigenvalue weighted by atomic mass is 35.5. The number of alkyl halides is 3. The van der Waals surface area contributed by atoms with Gasteiger partial charge in [-0.15, -0.1) is 11.3 Å². The smallest absolute Gasteiger partial charge is 0.298 e. The number of anilines is 1. The number of nitrogens with zero attached hydrogens (tertiary/aromatic N) is 1. The molecular formula is C18H11ClF4N2OS. The lowest BCUT2D eigenvalue weighted by atomic mass is 10.1. The fourth-order valence-electron chi connectivity index (χ4n) is 2.34.